The van der Waals surface area contributed by atoms with Crippen molar-refractivity contribution >= 4 is 41.3 Å². The predicted molar refractivity (Wildman–Crippen MR) is 98.0 cm³/mol. The van der Waals surface area contributed by atoms with E-state index in [1.807, 2.05) is 11.4 Å². The highest BCUT2D eigenvalue weighted by atomic mass is 127. The van der Waals surface area contributed by atoms with E-state index in [1.54, 1.807) is 18.4 Å². The molecular formula is C15H18F2IN3S. The highest BCUT2D eigenvalue weighted by Crippen LogP contribution is 2.09. The van der Waals surface area contributed by atoms with Crippen molar-refractivity contribution in [2.45, 2.75) is 13.0 Å². The third-order valence-electron chi connectivity index (χ3n) is 2.96. The molecule has 2 rings (SSSR count). The van der Waals surface area contributed by atoms with Crippen LogP contribution in [-0.2, 0) is 13.0 Å². The molecule has 22 heavy (non-hydrogen) atoms. The maximum absolute atomic E-state index is 13.5. The van der Waals surface area contributed by atoms with Crippen LogP contribution >= 0.6 is 35.3 Å². The van der Waals surface area contributed by atoms with Crippen LogP contribution in [0.4, 0.5) is 8.78 Å². The van der Waals surface area contributed by atoms with Crippen LogP contribution in [0, 0.1) is 11.6 Å². The summed E-state index contributed by atoms with van der Waals surface area (Å²) in [5, 5.41) is 10.3. The van der Waals surface area contributed by atoms with Crippen molar-refractivity contribution in [3.63, 3.8) is 0 Å². The van der Waals surface area contributed by atoms with Crippen molar-refractivity contribution in [3.8, 4) is 0 Å². The Morgan fingerprint density at radius 2 is 2.05 bits per heavy atom. The van der Waals surface area contributed by atoms with E-state index in [9.17, 15) is 8.78 Å². The highest BCUT2D eigenvalue weighted by Gasteiger charge is 2.04. The number of aliphatic imine (C=N–C) groups is 1. The van der Waals surface area contributed by atoms with Gasteiger partial charge in [0, 0.05) is 20.1 Å². The third-order valence-corrected chi connectivity index (χ3v) is 3.69. The molecule has 3 nitrogen and oxygen atoms in total. The first-order valence-electron chi connectivity index (χ1n) is 6.58. The zero-order valence-electron chi connectivity index (χ0n) is 12.1. The van der Waals surface area contributed by atoms with Gasteiger partial charge in [0.2, 0.25) is 0 Å². The average Bonchev–Trinajstić information content (AvgIpc) is 2.99. The molecule has 2 N–H and O–H groups in total. The fourth-order valence-corrected chi connectivity index (χ4v) is 2.52. The van der Waals surface area contributed by atoms with E-state index >= 15 is 0 Å². The number of hydrogen-bond donors (Lipinski definition) is 2. The molecule has 1 heterocycles. The average molecular weight is 437 g/mol. The van der Waals surface area contributed by atoms with Crippen LogP contribution in [0.15, 0.2) is 40.0 Å². The molecule has 1 aromatic heterocycles. The van der Waals surface area contributed by atoms with Gasteiger partial charge in [-0.3, -0.25) is 4.99 Å². The number of benzene rings is 1. The van der Waals surface area contributed by atoms with Crippen LogP contribution in [-0.4, -0.2) is 19.6 Å². The summed E-state index contributed by atoms with van der Waals surface area (Å²) in [7, 11) is 1.67. The topological polar surface area (TPSA) is 36.4 Å². The van der Waals surface area contributed by atoms with Crippen LogP contribution in [0.5, 0.6) is 0 Å². The van der Waals surface area contributed by atoms with E-state index in [4.69, 9.17) is 0 Å². The van der Waals surface area contributed by atoms with E-state index in [1.165, 1.54) is 11.6 Å². The monoisotopic (exact) mass is 437 g/mol. The molecule has 0 aliphatic carbocycles. The minimum absolute atomic E-state index is 0. The molecule has 0 atom stereocenters. The standard InChI is InChI=1S/C15H17F2N3S.HI/c1-18-15(20-9-11-5-7-21-10-11)19-6-4-12-8-13(16)2-3-14(12)17;/h2-3,5,7-8,10H,4,6,9H2,1H3,(H2,18,19,20);1H. The molecule has 0 amide bonds. The van der Waals surface area contributed by atoms with Crippen molar-refractivity contribution in [2.24, 2.45) is 4.99 Å². The van der Waals surface area contributed by atoms with Gasteiger partial charge in [0.1, 0.15) is 11.6 Å². The van der Waals surface area contributed by atoms with Gasteiger partial charge in [-0.2, -0.15) is 11.3 Å². The smallest absolute Gasteiger partial charge is 0.191 e. The lowest BCUT2D eigenvalue weighted by molar-refractivity contribution is 0.583. The molecule has 0 fully saturated rings. The molecule has 0 radical (unpaired) electrons. The molecule has 0 bridgehead atoms. The molecule has 0 aliphatic rings. The van der Waals surface area contributed by atoms with Gasteiger partial charge in [0.15, 0.2) is 5.96 Å². The molecule has 0 saturated heterocycles. The molecule has 0 aliphatic heterocycles. The van der Waals surface area contributed by atoms with E-state index in [0.29, 0.717) is 31.0 Å². The van der Waals surface area contributed by atoms with Crippen molar-refractivity contribution in [3.05, 3.63) is 57.8 Å². The molecule has 7 heteroatoms. The number of guanidine groups is 1. The van der Waals surface area contributed by atoms with Crippen LogP contribution in [0.1, 0.15) is 11.1 Å². The number of rotatable bonds is 5. The van der Waals surface area contributed by atoms with E-state index in [0.717, 1.165) is 12.1 Å². The Hall–Kier alpha value is -1.22. The Morgan fingerprint density at radius 1 is 1.23 bits per heavy atom. The first-order valence-corrected chi connectivity index (χ1v) is 7.53. The number of halogens is 3. The summed E-state index contributed by atoms with van der Waals surface area (Å²) < 4.78 is 26.5. The minimum atomic E-state index is -0.425. The Balaban J connectivity index is 0.00000242. The fraction of sp³-hybridized carbons (Fsp3) is 0.267. The van der Waals surface area contributed by atoms with Gasteiger partial charge in [-0.05, 0) is 52.6 Å². The number of nitrogens with zero attached hydrogens (tertiary/aromatic N) is 1. The normalized spacial score (nSPS) is 11.0. The van der Waals surface area contributed by atoms with Crippen molar-refractivity contribution in [1.29, 1.82) is 0 Å². The largest absolute Gasteiger partial charge is 0.356 e. The van der Waals surface area contributed by atoms with Gasteiger partial charge in [-0.15, -0.1) is 24.0 Å². The Kier molecular flexibility index (Phi) is 8.32. The first kappa shape index (κ1) is 18.8. The molecule has 120 valence electrons. The van der Waals surface area contributed by atoms with Gasteiger partial charge < -0.3 is 10.6 Å². The van der Waals surface area contributed by atoms with Crippen molar-refractivity contribution in [2.75, 3.05) is 13.6 Å². The first-order chi connectivity index (χ1) is 10.2. The lowest BCUT2D eigenvalue weighted by atomic mass is 10.1. The lowest BCUT2D eigenvalue weighted by Crippen LogP contribution is -2.37. The SMILES string of the molecule is CN=C(NCCc1cc(F)ccc1F)NCc1ccsc1.I. The predicted octanol–water partition coefficient (Wildman–Crippen LogP) is 3.55. The van der Waals surface area contributed by atoms with E-state index < -0.39 is 5.82 Å². The van der Waals surface area contributed by atoms with Crippen molar-refractivity contribution < 1.29 is 8.78 Å². The van der Waals surface area contributed by atoms with Gasteiger partial charge in [0.05, 0.1) is 0 Å². The zero-order valence-corrected chi connectivity index (χ0v) is 15.3. The Labute approximate surface area is 149 Å². The maximum atomic E-state index is 13.5. The van der Waals surface area contributed by atoms with Gasteiger partial charge in [0.25, 0.3) is 0 Å². The molecular weight excluding hydrogens is 419 g/mol. The Bertz CT molecular complexity index is 603. The van der Waals surface area contributed by atoms with Crippen LogP contribution in [0.25, 0.3) is 0 Å². The summed E-state index contributed by atoms with van der Waals surface area (Å²) in [4.78, 5) is 4.09. The van der Waals surface area contributed by atoms with Gasteiger partial charge in [-0.25, -0.2) is 8.78 Å². The summed E-state index contributed by atoms with van der Waals surface area (Å²) >= 11 is 1.64. The fourth-order valence-electron chi connectivity index (χ4n) is 1.85. The highest BCUT2D eigenvalue weighted by molar-refractivity contribution is 14.0. The minimum Gasteiger partial charge on any atom is -0.356 e. The molecule has 0 spiro atoms. The zero-order chi connectivity index (χ0) is 15.1. The summed E-state index contributed by atoms with van der Waals surface area (Å²) in [5.41, 5.74) is 1.54. The summed E-state index contributed by atoms with van der Waals surface area (Å²) in [6.07, 6.45) is 0.392. The maximum Gasteiger partial charge on any atom is 0.191 e. The van der Waals surface area contributed by atoms with Crippen LogP contribution in [0.2, 0.25) is 0 Å². The third kappa shape index (κ3) is 5.88. The van der Waals surface area contributed by atoms with Gasteiger partial charge >= 0.3 is 0 Å². The summed E-state index contributed by atoms with van der Waals surface area (Å²) in [6, 6.07) is 5.52. The van der Waals surface area contributed by atoms with Crippen LogP contribution in [0.3, 0.4) is 0 Å². The van der Waals surface area contributed by atoms with Gasteiger partial charge in [-0.1, -0.05) is 0 Å². The Morgan fingerprint density at radius 3 is 2.73 bits per heavy atom. The van der Waals surface area contributed by atoms with Crippen molar-refractivity contribution in [1.82, 2.24) is 10.6 Å². The molecule has 0 saturated carbocycles. The molecule has 0 unspecified atom stereocenters. The second-order valence-electron chi connectivity index (χ2n) is 4.47. The van der Waals surface area contributed by atoms with E-state index in [-0.39, 0.29) is 29.8 Å². The molecule has 1 aromatic carbocycles. The summed E-state index contributed by atoms with van der Waals surface area (Å²) in [5.74, 6) is -0.177. The second-order valence-corrected chi connectivity index (χ2v) is 5.25. The summed E-state index contributed by atoms with van der Waals surface area (Å²) in [6.45, 7) is 1.15. The number of hydrogen-bond acceptors (Lipinski definition) is 2. The quantitative estimate of drug-likeness (QED) is 0.427. The lowest BCUT2D eigenvalue weighted by Gasteiger charge is -2.11. The number of thiophene rings is 1. The second kappa shape index (κ2) is 9.73. The number of nitrogens with one attached hydrogen (secondary N) is 2. The van der Waals surface area contributed by atoms with E-state index in [2.05, 4.69) is 21.0 Å². The molecule has 2 aromatic rings. The van der Waals surface area contributed by atoms with Crippen LogP contribution < -0.4 is 10.6 Å².